The van der Waals surface area contributed by atoms with Gasteiger partial charge in [-0.2, -0.15) is 0 Å². The molecule has 1 saturated heterocycles. The maximum atomic E-state index is 9.28. The van der Waals surface area contributed by atoms with E-state index >= 15 is 0 Å². The standard InChI is InChI=1S/C17H22O3/c1-14(18)10-11-17-16(9-5-6-12-19-17)20-13-15-7-3-2-4-8-15/h2-4,7-8,14,16-18H,5-6,9,12-13H2,1H3/t14?,16-,17-/m1/s1. The molecule has 0 aromatic heterocycles. The smallest absolute Gasteiger partial charge is 0.144 e. The van der Waals surface area contributed by atoms with Gasteiger partial charge in [0.2, 0.25) is 0 Å². The molecule has 0 amide bonds. The Morgan fingerprint density at radius 2 is 2.15 bits per heavy atom. The number of ether oxygens (including phenoxy) is 2. The first kappa shape index (κ1) is 15.1. The maximum Gasteiger partial charge on any atom is 0.144 e. The van der Waals surface area contributed by atoms with Gasteiger partial charge in [-0.1, -0.05) is 42.2 Å². The molecular weight excluding hydrogens is 252 g/mol. The fourth-order valence-corrected chi connectivity index (χ4v) is 2.20. The van der Waals surface area contributed by atoms with E-state index in [1.807, 2.05) is 30.3 Å². The van der Waals surface area contributed by atoms with Crippen molar-refractivity contribution in [3.05, 3.63) is 35.9 Å². The minimum atomic E-state index is -0.628. The van der Waals surface area contributed by atoms with E-state index in [1.54, 1.807) is 6.92 Å². The highest BCUT2D eigenvalue weighted by molar-refractivity contribution is 5.14. The third kappa shape index (κ3) is 4.97. The summed E-state index contributed by atoms with van der Waals surface area (Å²) in [4.78, 5) is 0. The van der Waals surface area contributed by atoms with Crippen LogP contribution in [0.25, 0.3) is 0 Å². The van der Waals surface area contributed by atoms with E-state index < -0.39 is 6.10 Å². The summed E-state index contributed by atoms with van der Waals surface area (Å²) < 4.78 is 11.7. The van der Waals surface area contributed by atoms with Crippen molar-refractivity contribution in [2.24, 2.45) is 0 Å². The Hall–Kier alpha value is -1.34. The van der Waals surface area contributed by atoms with Crippen LogP contribution >= 0.6 is 0 Å². The zero-order chi connectivity index (χ0) is 14.2. The summed E-state index contributed by atoms with van der Waals surface area (Å²) in [6.07, 6.45) is 2.19. The number of hydrogen-bond donors (Lipinski definition) is 1. The van der Waals surface area contributed by atoms with Gasteiger partial charge in [0.05, 0.1) is 12.7 Å². The molecule has 3 nitrogen and oxygen atoms in total. The van der Waals surface area contributed by atoms with Gasteiger partial charge in [0.1, 0.15) is 12.2 Å². The van der Waals surface area contributed by atoms with E-state index in [4.69, 9.17) is 9.47 Å². The Kier molecular flexibility index (Phi) is 6.07. The van der Waals surface area contributed by atoms with Crippen molar-refractivity contribution in [3.8, 4) is 11.8 Å². The summed E-state index contributed by atoms with van der Waals surface area (Å²) >= 11 is 0. The van der Waals surface area contributed by atoms with Crippen LogP contribution in [0.5, 0.6) is 0 Å². The Morgan fingerprint density at radius 1 is 1.35 bits per heavy atom. The lowest BCUT2D eigenvalue weighted by Crippen LogP contribution is -2.29. The topological polar surface area (TPSA) is 38.7 Å². The number of hydrogen-bond acceptors (Lipinski definition) is 3. The highest BCUT2D eigenvalue weighted by Crippen LogP contribution is 2.18. The van der Waals surface area contributed by atoms with Gasteiger partial charge >= 0.3 is 0 Å². The van der Waals surface area contributed by atoms with Crippen molar-refractivity contribution in [2.75, 3.05) is 6.61 Å². The average molecular weight is 274 g/mol. The van der Waals surface area contributed by atoms with Crippen molar-refractivity contribution in [1.82, 2.24) is 0 Å². The molecule has 1 N–H and O–H groups in total. The summed E-state index contributed by atoms with van der Waals surface area (Å²) in [7, 11) is 0. The van der Waals surface area contributed by atoms with Crippen LogP contribution < -0.4 is 0 Å². The summed E-state index contributed by atoms with van der Waals surface area (Å²) in [5, 5.41) is 9.28. The summed E-state index contributed by atoms with van der Waals surface area (Å²) in [5.41, 5.74) is 1.15. The van der Waals surface area contributed by atoms with Crippen LogP contribution in [0.4, 0.5) is 0 Å². The lowest BCUT2D eigenvalue weighted by atomic mass is 10.1. The number of aliphatic hydroxyl groups excluding tert-OH is 1. The molecule has 108 valence electrons. The zero-order valence-corrected chi connectivity index (χ0v) is 11.9. The van der Waals surface area contributed by atoms with Crippen LogP contribution in [0, 0.1) is 11.8 Å². The second kappa shape index (κ2) is 8.06. The van der Waals surface area contributed by atoms with Crippen molar-refractivity contribution in [2.45, 2.75) is 51.1 Å². The van der Waals surface area contributed by atoms with Gasteiger partial charge in [0.25, 0.3) is 0 Å². The Balaban J connectivity index is 1.96. The number of benzene rings is 1. The minimum Gasteiger partial charge on any atom is -0.381 e. The van der Waals surface area contributed by atoms with E-state index in [-0.39, 0.29) is 12.2 Å². The van der Waals surface area contributed by atoms with E-state index in [0.29, 0.717) is 13.2 Å². The van der Waals surface area contributed by atoms with Gasteiger partial charge < -0.3 is 14.6 Å². The Labute approximate surface area is 120 Å². The molecular formula is C17H22O3. The summed E-state index contributed by atoms with van der Waals surface area (Å²) in [6.45, 7) is 2.94. The van der Waals surface area contributed by atoms with E-state index in [0.717, 1.165) is 24.8 Å². The molecule has 3 atom stereocenters. The fraction of sp³-hybridized carbons (Fsp3) is 0.529. The zero-order valence-electron chi connectivity index (χ0n) is 11.9. The van der Waals surface area contributed by atoms with Crippen molar-refractivity contribution in [3.63, 3.8) is 0 Å². The number of aliphatic hydroxyl groups is 1. The SMILES string of the molecule is CC(O)C#C[C@H]1OCCCC[C@H]1OCc1ccccc1. The van der Waals surface area contributed by atoms with E-state index in [1.165, 1.54) is 0 Å². The maximum absolute atomic E-state index is 9.28. The Bertz CT molecular complexity index is 444. The fourth-order valence-electron chi connectivity index (χ4n) is 2.20. The number of rotatable bonds is 3. The molecule has 1 aliphatic heterocycles. The van der Waals surface area contributed by atoms with Crippen LogP contribution in [0.15, 0.2) is 30.3 Å². The van der Waals surface area contributed by atoms with Crippen LogP contribution in [0.1, 0.15) is 31.7 Å². The minimum absolute atomic E-state index is 0.0241. The molecule has 0 saturated carbocycles. The molecule has 1 unspecified atom stereocenters. The average Bonchev–Trinajstić information content (AvgIpc) is 2.69. The summed E-state index contributed by atoms with van der Waals surface area (Å²) in [6, 6.07) is 10.1. The third-order valence-corrected chi connectivity index (χ3v) is 3.26. The second-order valence-corrected chi connectivity index (χ2v) is 5.09. The monoisotopic (exact) mass is 274 g/mol. The van der Waals surface area contributed by atoms with Crippen LogP contribution in [0.3, 0.4) is 0 Å². The molecule has 2 rings (SSSR count). The summed E-state index contributed by atoms with van der Waals surface area (Å²) in [5.74, 6) is 5.77. The van der Waals surface area contributed by atoms with Gasteiger partial charge in [-0.15, -0.1) is 0 Å². The Morgan fingerprint density at radius 3 is 2.90 bits per heavy atom. The molecule has 1 fully saturated rings. The predicted molar refractivity (Wildman–Crippen MR) is 78.1 cm³/mol. The molecule has 1 aromatic rings. The molecule has 1 heterocycles. The van der Waals surface area contributed by atoms with Gasteiger partial charge in [0, 0.05) is 6.61 Å². The first-order valence-electron chi connectivity index (χ1n) is 7.22. The molecule has 1 aromatic carbocycles. The highest BCUT2D eigenvalue weighted by atomic mass is 16.5. The van der Waals surface area contributed by atoms with Crippen LogP contribution in [0.2, 0.25) is 0 Å². The molecule has 0 spiro atoms. The lowest BCUT2D eigenvalue weighted by molar-refractivity contribution is -0.0457. The largest absolute Gasteiger partial charge is 0.381 e. The molecule has 1 aliphatic rings. The molecule has 0 aliphatic carbocycles. The first-order valence-corrected chi connectivity index (χ1v) is 7.22. The van der Waals surface area contributed by atoms with Gasteiger partial charge in [0.15, 0.2) is 0 Å². The third-order valence-electron chi connectivity index (χ3n) is 3.26. The lowest BCUT2D eigenvalue weighted by Gasteiger charge is -2.21. The molecule has 20 heavy (non-hydrogen) atoms. The van der Waals surface area contributed by atoms with Crippen LogP contribution in [-0.2, 0) is 16.1 Å². The van der Waals surface area contributed by atoms with E-state index in [2.05, 4.69) is 11.8 Å². The molecule has 0 radical (unpaired) electrons. The van der Waals surface area contributed by atoms with Crippen molar-refractivity contribution >= 4 is 0 Å². The second-order valence-electron chi connectivity index (χ2n) is 5.09. The first-order chi connectivity index (χ1) is 9.75. The van der Waals surface area contributed by atoms with Gasteiger partial charge in [-0.05, 0) is 31.7 Å². The quantitative estimate of drug-likeness (QED) is 0.861. The van der Waals surface area contributed by atoms with Crippen LogP contribution in [-0.4, -0.2) is 30.0 Å². The highest BCUT2D eigenvalue weighted by Gasteiger charge is 2.23. The van der Waals surface area contributed by atoms with Crippen molar-refractivity contribution < 1.29 is 14.6 Å². The normalized spacial score (nSPS) is 24.3. The molecule has 0 bridgehead atoms. The predicted octanol–water partition coefficient (Wildman–Crippen LogP) is 2.53. The van der Waals surface area contributed by atoms with Gasteiger partial charge in [-0.3, -0.25) is 0 Å². The van der Waals surface area contributed by atoms with Gasteiger partial charge in [-0.25, -0.2) is 0 Å². The van der Waals surface area contributed by atoms with Crippen molar-refractivity contribution in [1.29, 1.82) is 0 Å². The molecule has 3 heteroatoms. The van der Waals surface area contributed by atoms with E-state index in [9.17, 15) is 5.11 Å².